The van der Waals surface area contributed by atoms with Crippen LogP contribution >= 0.6 is 0 Å². The molecule has 5 heterocycles. The fourth-order valence-electron chi connectivity index (χ4n) is 5.09. The first-order valence-corrected chi connectivity index (χ1v) is 13.1. The van der Waals surface area contributed by atoms with Crippen LogP contribution in [0.2, 0.25) is 0 Å². The third-order valence-electron chi connectivity index (χ3n) is 6.97. The van der Waals surface area contributed by atoms with E-state index in [0.29, 0.717) is 40.5 Å². The van der Waals surface area contributed by atoms with Crippen LogP contribution in [0.1, 0.15) is 39.9 Å². The second-order valence-electron chi connectivity index (χ2n) is 9.48. The Bertz CT molecular complexity index is 1910. The topological polar surface area (TPSA) is 123 Å². The third kappa shape index (κ3) is 4.29. The van der Waals surface area contributed by atoms with Crippen molar-refractivity contribution in [3.63, 3.8) is 0 Å². The van der Waals surface area contributed by atoms with Crippen molar-refractivity contribution in [2.45, 2.75) is 19.4 Å². The van der Waals surface area contributed by atoms with Gasteiger partial charge in [-0.25, -0.2) is 19.2 Å². The first kappa shape index (κ1) is 25.3. The van der Waals surface area contributed by atoms with Crippen molar-refractivity contribution < 1.29 is 23.5 Å². The molecule has 42 heavy (non-hydrogen) atoms. The summed E-state index contributed by atoms with van der Waals surface area (Å²) in [5.74, 6) is 2.99. The number of oxime groups is 1. The molecule has 0 saturated carbocycles. The van der Waals surface area contributed by atoms with Gasteiger partial charge in [0.2, 0.25) is 11.8 Å². The molecule has 4 aromatic heterocycles. The average Bonchev–Trinajstić information content (AvgIpc) is 3.78. The summed E-state index contributed by atoms with van der Waals surface area (Å²) in [5.41, 5.74) is 4.63. The molecule has 210 valence electrons. The molecule has 0 saturated heterocycles. The quantitative estimate of drug-likeness (QED) is 0.184. The normalized spacial score (nSPS) is 14.0. The van der Waals surface area contributed by atoms with Crippen molar-refractivity contribution in [2.75, 3.05) is 14.2 Å². The average molecular weight is 564 g/mol. The van der Waals surface area contributed by atoms with E-state index in [0.717, 1.165) is 28.1 Å². The van der Waals surface area contributed by atoms with E-state index < -0.39 is 0 Å². The van der Waals surface area contributed by atoms with E-state index in [2.05, 4.69) is 15.2 Å². The Balaban J connectivity index is 1.22. The Morgan fingerprint density at radius 3 is 2.62 bits per heavy atom. The number of para-hydroxylation sites is 1. The number of fused-ring (bicyclic) bond motifs is 4. The molecule has 1 aliphatic rings. The Labute approximate surface area is 239 Å². The molecule has 0 unspecified atom stereocenters. The van der Waals surface area contributed by atoms with Crippen molar-refractivity contribution in [3.05, 3.63) is 107 Å². The largest absolute Gasteiger partial charge is 0.493 e. The smallest absolute Gasteiger partial charge is 0.230 e. The first-order valence-electron chi connectivity index (χ1n) is 13.1. The maximum absolute atomic E-state index is 6.41. The molecule has 0 aliphatic carbocycles. The molecule has 7 rings (SSSR count). The van der Waals surface area contributed by atoms with E-state index >= 15 is 0 Å². The van der Waals surface area contributed by atoms with Crippen LogP contribution in [0.5, 0.6) is 23.3 Å². The number of nitrogens with zero attached hydrogens (tertiary/aromatic N) is 7. The van der Waals surface area contributed by atoms with Gasteiger partial charge in [-0.05, 0) is 49.4 Å². The zero-order chi connectivity index (χ0) is 28.6. The van der Waals surface area contributed by atoms with Crippen LogP contribution in [0.4, 0.5) is 0 Å². The van der Waals surface area contributed by atoms with E-state index in [1.807, 2.05) is 55.5 Å². The highest BCUT2D eigenvalue weighted by Gasteiger charge is 2.39. The summed E-state index contributed by atoms with van der Waals surface area (Å²) in [6.07, 6.45) is 4.79. The second kappa shape index (κ2) is 10.4. The number of aryl methyl sites for hydroxylation is 1. The van der Waals surface area contributed by atoms with Gasteiger partial charge in [0.15, 0.2) is 29.6 Å². The maximum Gasteiger partial charge on any atom is 0.230 e. The maximum atomic E-state index is 6.41. The lowest BCUT2D eigenvalue weighted by atomic mass is 9.88. The van der Waals surface area contributed by atoms with E-state index in [4.69, 9.17) is 33.5 Å². The van der Waals surface area contributed by atoms with Crippen molar-refractivity contribution in [1.29, 1.82) is 0 Å². The van der Waals surface area contributed by atoms with Crippen LogP contribution < -0.4 is 14.2 Å². The van der Waals surface area contributed by atoms with E-state index in [1.54, 1.807) is 54.4 Å². The Morgan fingerprint density at radius 1 is 0.976 bits per heavy atom. The minimum atomic E-state index is -0.367. The number of aromatic nitrogens is 6. The SMILES string of the molecule is COc1ccc(/C=N\OCc2nc3c4c(ncn3n2)Oc2c(c(C)nn2-c2ccccc2)[C@@H]4c2ccco2)cc1OC. The van der Waals surface area contributed by atoms with E-state index in [-0.39, 0.29) is 12.5 Å². The lowest BCUT2D eigenvalue weighted by Gasteiger charge is -2.24. The molecule has 0 amide bonds. The molecule has 1 aliphatic heterocycles. The number of furan rings is 1. The predicted molar refractivity (Wildman–Crippen MR) is 151 cm³/mol. The fourth-order valence-corrected chi connectivity index (χ4v) is 5.09. The number of ether oxygens (including phenoxy) is 3. The molecule has 0 radical (unpaired) electrons. The lowest BCUT2D eigenvalue weighted by molar-refractivity contribution is 0.126. The van der Waals surface area contributed by atoms with Gasteiger partial charge < -0.3 is 23.5 Å². The first-order chi connectivity index (χ1) is 20.6. The standard InChI is InChI=1S/C30H25N7O5/c1-18-25-26(22-10-7-13-40-22)27-28-33-24(16-41-32-15-19-11-12-21(38-2)23(14-19)39-3)35-36(28)17-31-29(27)42-30(25)37(34-18)20-8-5-4-6-9-20/h4-15,17,26H,16H2,1-3H3/b32-15-/t26-/m0/s1. The highest BCUT2D eigenvalue weighted by Crippen LogP contribution is 2.49. The van der Waals surface area contributed by atoms with Crippen LogP contribution in [-0.2, 0) is 11.4 Å². The number of hydrogen-bond donors (Lipinski definition) is 0. The molecular formula is C30H25N7O5. The third-order valence-corrected chi connectivity index (χ3v) is 6.97. The van der Waals surface area contributed by atoms with Gasteiger partial charge in [-0.3, -0.25) is 0 Å². The highest BCUT2D eigenvalue weighted by atomic mass is 16.6. The Hall–Kier alpha value is -5.65. The Kier molecular flexibility index (Phi) is 6.27. The Morgan fingerprint density at radius 2 is 1.83 bits per heavy atom. The summed E-state index contributed by atoms with van der Waals surface area (Å²) >= 11 is 0. The zero-order valence-corrected chi connectivity index (χ0v) is 23.0. The predicted octanol–water partition coefficient (Wildman–Crippen LogP) is 5.07. The molecule has 0 bridgehead atoms. The summed E-state index contributed by atoms with van der Waals surface area (Å²) in [6.45, 7) is 2.00. The molecular weight excluding hydrogens is 538 g/mol. The summed E-state index contributed by atoms with van der Waals surface area (Å²) in [7, 11) is 3.17. The van der Waals surface area contributed by atoms with Crippen LogP contribution in [0.15, 0.2) is 82.8 Å². The monoisotopic (exact) mass is 563 g/mol. The summed E-state index contributed by atoms with van der Waals surface area (Å²) in [4.78, 5) is 14.9. The molecule has 0 fully saturated rings. The van der Waals surface area contributed by atoms with Crippen molar-refractivity contribution >= 4 is 11.9 Å². The van der Waals surface area contributed by atoms with Gasteiger partial charge in [0.1, 0.15) is 12.1 Å². The van der Waals surface area contributed by atoms with Crippen LogP contribution in [0.3, 0.4) is 0 Å². The van der Waals surface area contributed by atoms with Crippen LogP contribution in [-0.4, -0.2) is 49.8 Å². The summed E-state index contributed by atoms with van der Waals surface area (Å²) in [6, 6.07) is 19.1. The van der Waals surface area contributed by atoms with Gasteiger partial charge >= 0.3 is 0 Å². The van der Waals surface area contributed by atoms with Crippen molar-refractivity contribution in [1.82, 2.24) is 29.4 Å². The van der Waals surface area contributed by atoms with E-state index in [1.165, 1.54) is 0 Å². The van der Waals surface area contributed by atoms with Gasteiger partial charge in [0.05, 0.1) is 55.1 Å². The number of hydrogen-bond acceptors (Lipinski definition) is 10. The van der Waals surface area contributed by atoms with Gasteiger partial charge in [0, 0.05) is 5.56 Å². The minimum absolute atomic E-state index is 0.0444. The molecule has 12 heteroatoms. The van der Waals surface area contributed by atoms with Crippen molar-refractivity contribution in [3.8, 4) is 28.9 Å². The molecule has 6 aromatic rings. The fraction of sp³-hybridized carbons (Fsp3) is 0.167. The van der Waals surface area contributed by atoms with Gasteiger partial charge in [-0.2, -0.15) is 5.10 Å². The zero-order valence-electron chi connectivity index (χ0n) is 23.0. The molecule has 1 atom stereocenters. The number of benzene rings is 2. The summed E-state index contributed by atoms with van der Waals surface area (Å²) < 4.78 is 26.3. The van der Waals surface area contributed by atoms with Gasteiger partial charge in [-0.1, -0.05) is 23.4 Å². The summed E-state index contributed by atoms with van der Waals surface area (Å²) in [5, 5.41) is 13.5. The van der Waals surface area contributed by atoms with Crippen LogP contribution in [0, 0.1) is 6.92 Å². The molecule has 12 nitrogen and oxygen atoms in total. The van der Waals surface area contributed by atoms with Crippen LogP contribution in [0.25, 0.3) is 11.3 Å². The molecule has 0 spiro atoms. The lowest BCUT2D eigenvalue weighted by Crippen LogP contribution is -2.15. The van der Waals surface area contributed by atoms with E-state index in [9.17, 15) is 0 Å². The molecule has 0 N–H and O–H groups in total. The minimum Gasteiger partial charge on any atom is -0.493 e. The highest BCUT2D eigenvalue weighted by molar-refractivity contribution is 5.80. The second-order valence-corrected chi connectivity index (χ2v) is 9.48. The molecule has 2 aromatic carbocycles. The van der Waals surface area contributed by atoms with Gasteiger partial charge in [-0.15, -0.1) is 5.10 Å². The van der Waals surface area contributed by atoms with Gasteiger partial charge in [0.25, 0.3) is 0 Å². The van der Waals surface area contributed by atoms with Crippen molar-refractivity contribution in [2.24, 2.45) is 5.16 Å². The number of rotatable bonds is 8. The number of methoxy groups -OCH3 is 2.